The summed E-state index contributed by atoms with van der Waals surface area (Å²) in [6.07, 6.45) is 7.97. The van der Waals surface area contributed by atoms with Crippen molar-refractivity contribution in [2.45, 2.75) is 51.0 Å². The van der Waals surface area contributed by atoms with Crippen LogP contribution in [0.5, 0.6) is 0 Å². The summed E-state index contributed by atoms with van der Waals surface area (Å²) in [5, 5.41) is 0. The second-order valence-electron chi connectivity index (χ2n) is 6.90. The van der Waals surface area contributed by atoms with E-state index in [2.05, 4.69) is 6.92 Å². The second-order valence-corrected chi connectivity index (χ2v) is 6.90. The Labute approximate surface area is 103 Å². The lowest BCUT2D eigenvalue weighted by atomic mass is 9.65. The fourth-order valence-corrected chi connectivity index (χ4v) is 5.85. The van der Waals surface area contributed by atoms with Gasteiger partial charge in [0.2, 0.25) is 0 Å². The molecule has 0 N–H and O–H groups in total. The molecule has 0 bridgehead atoms. The molecule has 0 aromatic carbocycles. The molecule has 0 aromatic heterocycles. The van der Waals surface area contributed by atoms with Crippen molar-refractivity contribution in [1.82, 2.24) is 0 Å². The Kier molecular flexibility index (Phi) is 2.07. The fraction of sp³-hybridized carbons (Fsp3) is 0.933. The number of rotatable bonds is 0. The Morgan fingerprint density at radius 2 is 2.18 bits per heavy atom. The van der Waals surface area contributed by atoms with Crippen molar-refractivity contribution in [3.05, 3.63) is 0 Å². The molecular weight excluding hydrogens is 212 g/mol. The highest BCUT2D eigenvalue weighted by molar-refractivity contribution is 5.86. The Balaban J connectivity index is 1.74. The second kappa shape index (κ2) is 3.34. The van der Waals surface area contributed by atoms with E-state index < -0.39 is 0 Å². The minimum atomic E-state index is -0.0119. The lowest BCUT2D eigenvalue weighted by molar-refractivity contribution is -0.121. The van der Waals surface area contributed by atoms with Gasteiger partial charge in [0.25, 0.3) is 0 Å². The highest BCUT2D eigenvalue weighted by atomic mass is 16.5. The summed E-state index contributed by atoms with van der Waals surface area (Å²) in [4.78, 5) is 12.1. The van der Waals surface area contributed by atoms with Gasteiger partial charge in [-0.3, -0.25) is 4.79 Å². The molecule has 6 unspecified atom stereocenters. The van der Waals surface area contributed by atoms with Crippen LogP contribution >= 0.6 is 0 Å². The number of ether oxygens (including phenoxy) is 1. The number of Topliss-reactive ketones (excluding diaryl/α,β-unsaturated/α-hetero) is 1. The van der Waals surface area contributed by atoms with Crippen LogP contribution in [0.2, 0.25) is 0 Å². The van der Waals surface area contributed by atoms with Gasteiger partial charge in [-0.05, 0) is 49.4 Å². The zero-order valence-corrected chi connectivity index (χ0v) is 10.7. The molecule has 17 heavy (non-hydrogen) atoms. The van der Waals surface area contributed by atoms with Gasteiger partial charge in [0.15, 0.2) is 5.78 Å². The standard InChI is InChI=1S/C15H22O2/c1-9-7-12-11-4-2-3-10(11)5-6-15(12)14(9)13(16)8-17-15/h9-12,14H,2-8H2,1H3. The van der Waals surface area contributed by atoms with Crippen LogP contribution in [-0.4, -0.2) is 18.0 Å². The van der Waals surface area contributed by atoms with E-state index in [-0.39, 0.29) is 11.5 Å². The van der Waals surface area contributed by atoms with Crippen LogP contribution in [0.1, 0.15) is 45.4 Å². The first-order chi connectivity index (χ1) is 8.22. The van der Waals surface area contributed by atoms with Crippen molar-refractivity contribution < 1.29 is 9.53 Å². The summed E-state index contributed by atoms with van der Waals surface area (Å²) in [5.74, 6) is 3.74. The molecule has 0 aromatic rings. The summed E-state index contributed by atoms with van der Waals surface area (Å²) in [6.45, 7) is 2.68. The summed E-state index contributed by atoms with van der Waals surface area (Å²) in [6, 6.07) is 0. The number of ketones is 1. The molecule has 3 aliphatic carbocycles. The van der Waals surface area contributed by atoms with Crippen LogP contribution in [-0.2, 0) is 9.53 Å². The average Bonchev–Trinajstić information content (AvgIpc) is 2.93. The van der Waals surface area contributed by atoms with Crippen LogP contribution in [0.4, 0.5) is 0 Å². The van der Waals surface area contributed by atoms with Gasteiger partial charge in [0.05, 0.1) is 11.5 Å². The van der Waals surface area contributed by atoms with Crippen LogP contribution < -0.4 is 0 Å². The van der Waals surface area contributed by atoms with E-state index in [1.54, 1.807) is 0 Å². The predicted octanol–water partition coefficient (Wildman–Crippen LogP) is 2.81. The van der Waals surface area contributed by atoms with Crippen molar-refractivity contribution in [2.75, 3.05) is 6.61 Å². The van der Waals surface area contributed by atoms with Crippen LogP contribution in [0.15, 0.2) is 0 Å². The van der Waals surface area contributed by atoms with Gasteiger partial charge in [-0.15, -0.1) is 0 Å². The third-order valence-electron chi connectivity index (χ3n) is 6.32. The lowest BCUT2D eigenvalue weighted by Crippen LogP contribution is -2.47. The van der Waals surface area contributed by atoms with Crippen LogP contribution in [0.3, 0.4) is 0 Å². The van der Waals surface area contributed by atoms with Gasteiger partial charge in [0.1, 0.15) is 6.61 Å². The van der Waals surface area contributed by atoms with Crippen molar-refractivity contribution in [1.29, 1.82) is 0 Å². The van der Waals surface area contributed by atoms with E-state index in [9.17, 15) is 4.79 Å². The van der Waals surface area contributed by atoms with Crippen LogP contribution in [0.25, 0.3) is 0 Å². The normalized spacial score (nSPS) is 56.8. The van der Waals surface area contributed by atoms with Gasteiger partial charge < -0.3 is 4.74 Å². The molecule has 4 aliphatic rings. The van der Waals surface area contributed by atoms with Gasteiger partial charge >= 0.3 is 0 Å². The minimum Gasteiger partial charge on any atom is -0.366 e. The molecule has 1 aliphatic heterocycles. The first-order valence-corrected chi connectivity index (χ1v) is 7.39. The molecule has 4 rings (SSSR count). The first-order valence-electron chi connectivity index (χ1n) is 7.39. The molecule has 0 amide bonds. The highest BCUT2D eigenvalue weighted by Crippen LogP contribution is 2.62. The zero-order valence-electron chi connectivity index (χ0n) is 10.7. The Bertz CT molecular complexity index is 364. The molecular formula is C15H22O2. The predicted molar refractivity (Wildman–Crippen MR) is 64.5 cm³/mol. The minimum absolute atomic E-state index is 0.0119. The quantitative estimate of drug-likeness (QED) is 0.644. The molecule has 2 heteroatoms. The molecule has 2 nitrogen and oxygen atoms in total. The third-order valence-corrected chi connectivity index (χ3v) is 6.32. The molecule has 3 saturated carbocycles. The number of fused-ring (bicyclic) bond motifs is 2. The van der Waals surface area contributed by atoms with Crippen molar-refractivity contribution in [2.24, 2.45) is 29.6 Å². The molecule has 1 spiro atoms. The average molecular weight is 234 g/mol. The summed E-state index contributed by atoms with van der Waals surface area (Å²) in [5.41, 5.74) is -0.0119. The van der Waals surface area contributed by atoms with E-state index in [0.29, 0.717) is 24.2 Å². The van der Waals surface area contributed by atoms with Gasteiger partial charge in [-0.2, -0.15) is 0 Å². The van der Waals surface area contributed by atoms with Crippen molar-refractivity contribution in [3.8, 4) is 0 Å². The van der Waals surface area contributed by atoms with E-state index in [1.807, 2.05) is 0 Å². The maximum atomic E-state index is 12.1. The monoisotopic (exact) mass is 234 g/mol. The maximum Gasteiger partial charge on any atom is 0.164 e. The zero-order chi connectivity index (χ0) is 11.6. The van der Waals surface area contributed by atoms with Crippen LogP contribution in [0, 0.1) is 29.6 Å². The Morgan fingerprint density at radius 3 is 3.06 bits per heavy atom. The first kappa shape index (κ1) is 10.5. The van der Waals surface area contributed by atoms with E-state index >= 15 is 0 Å². The Hall–Kier alpha value is -0.370. The number of hydrogen-bond donors (Lipinski definition) is 0. The molecule has 1 heterocycles. The smallest absolute Gasteiger partial charge is 0.164 e. The van der Waals surface area contributed by atoms with E-state index in [0.717, 1.165) is 11.8 Å². The summed E-state index contributed by atoms with van der Waals surface area (Å²) < 4.78 is 6.11. The fourth-order valence-electron chi connectivity index (χ4n) is 5.85. The topological polar surface area (TPSA) is 26.3 Å². The molecule has 6 atom stereocenters. The SMILES string of the molecule is CC1CC2C3CCCC3CCC23OCC(=O)C13. The Morgan fingerprint density at radius 1 is 1.29 bits per heavy atom. The van der Waals surface area contributed by atoms with Gasteiger partial charge in [-0.1, -0.05) is 19.8 Å². The van der Waals surface area contributed by atoms with Gasteiger partial charge in [0, 0.05) is 0 Å². The maximum absolute atomic E-state index is 12.1. The lowest BCUT2D eigenvalue weighted by Gasteiger charge is -2.44. The third kappa shape index (κ3) is 1.18. The van der Waals surface area contributed by atoms with E-state index in [4.69, 9.17) is 4.74 Å². The van der Waals surface area contributed by atoms with Crippen molar-refractivity contribution >= 4 is 5.78 Å². The number of carbonyl (C=O) groups excluding carboxylic acids is 1. The molecule has 0 radical (unpaired) electrons. The van der Waals surface area contributed by atoms with Crippen molar-refractivity contribution in [3.63, 3.8) is 0 Å². The molecule has 4 fully saturated rings. The number of hydrogen-bond acceptors (Lipinski definition) is 2. The largest absolute Gasteiger partial charge is 0.366 e. The molecule has 1 saturated heterocycles. The number of carbonyl (C=O) groups is 1. The molecule has 94 valence electrons. The summed E-state index contributed by atoms with van der Waals surface area (Å²) in [7, 11) is 0. The van der Waals surface area contributed by atoms with Gasteiger partial charge in [-0.25, -0.2) is 0 Å². The van der Waals surface area contributed by atoms with E-state index in [1.165, 1.54) is 38.5 Å². The highest BCUT2D eigenvalue weighted by Gasteiger charge is 2.65. The summed E-state index contributed by atoms with van der Waals surface area (Å²) >= 11 is 0.